The Morgan fingerprint density at radius 3 is 2.02 bits per heavy atom. The van der Waals surface area contributed by atoms with Crippen LogP contribution in [0, 0.1) is 0 Å². The first-order valence-corrected chi connectivity index (χ1v) is 17.9. The van der Waals surface area contributed by atoms with E-state index in [-0.39, 0.29) is 12.3 Å². The molecule has 50 heavy (non-hydrogen) atoms. The molecule has 0 radical (unpaired) electrons. The van der Waals surface area contributed by atoms with Gasteiger partial charge in [-0.15, -0.1) is 0 Å². The largest absolute Gasteiger partial charge is 0.534 e. The molecular formula is C40H36F3NO5S. The highest BCUT2D eigenvalue weighted by atomic mass is 32.2. The fraction of sp³-hybridized carbons (Fsp3) is 0.250. The van der Waals surface area contributed by atoms with Crippen molar-refractivity contribution < 1.29 is 35.2 Å². The van der Waals surface area contributed by atoms with Crippen LogP contribution in [-0.4, -0.2) is 33.0 Å². The highest BCUT2D eigenvalue weighted by Crippen LogP contribution is 2.55. The summed E-state index contributed by atoms with van der Waals surface area (Å²) in [4.78, 5) is 2.21. The van der Waals surface area contributed by atoms with Gasteiger partial charge in [0.05, 0.1) is 26.3 Å². The quantitative estimate of drug-likeness (QED) is 0.113. The van der Waals surface area contributed by atoms with Crippen molar-refractivity contribution in [2.75, 3.05) is 14.2 Å². The second-order valence-corrected chi connectivity index (χ2v) is 14.1. The van der Waals surface area contributed by atoms with E-state index in [9.17, 15) is 21.6 Å². The first kappa shape index (κ1) is 33.7. The fourth-order valence-corrected chi connectivity index (χ4v) is 7.92. The van der Waals surface area contributed by atoms with Gasteiger partial charge in [-0.25, -0.2) is 0 Å². The van der Waals surface area contributed by atoms with Gasteiger partial charge < -0.3 is 13.7 Å². The number of hydrogen-bond acceptors (Lipinski definition) is 6. The van der Waals surface area contributed by atoms with Crippen LogP contribution in [0.2, 0.25) is 0 Å². The van der Waals surface area contributed by atoms with Crippen LogP contribution in [0.4, 0.5) is 13.2 Å². The molecule has 5 aromatic carbocycles. The van der Waals surface area contributed by atoms with Crippen molar-refractivity contribution in [3.8, 4) is 17.2 Å². The van der Waals surface area contributed by atoms with Gasteiger partial charge in [0.2, 0.25) is 0 Å². The Labute approximate surface area is 289 Å². The second-order valence-electron chi connectivity index (χ2n) is 12.5. The molecule has 0 unspecified atom stereocenters. The van der Waals surface area contributed by atoms with Crippen LogP contribution in [0.15, 0.2) is 109 Å². The highest BCUT2D eigenvalue weighted by molar-refractivity contribution is 7.88. The Morgan fingerprint density at radius 1 is 0.760 bits per heavy atom. The number of alkyl halides is 3. The molecule has 0 saturated carbocycles. The molecule has 0 fully saturated rings. The number of methoxy groups -OCH3 is 2. The van der Waals surface area contributed by atoms with Gasteiger partial charge in [0, 0.05) is 23.7 Å². The summed E-state index contributed by atoms with van der Waals surface area (Å²) in [6, 6.07) is 30.9. The number of benzene rings is 5. The number of allylic oxidation sites excluding steroid dienone is 2. The van der Waals surface area contributed by atoms with Crippen LogP contribution in [0.25, 0.3) is 16.3 Å². The van der Waals surface area contributed by atoms with Crippen LogP contribution in [-0.2, 0) is 16.7 Å². The normalized spacial score (nSPS) is 18.1. The Hall–Kier alpha value is -4.80. The SMILES string of the molecule is COc1ccc(CN2[C@H](c3ccccc3)c3c(OS(=O)(=O)C(F)(F)F)ccc4ccc(C5=CCCCC5)c(c34)[C@@H]2c2ccccc2)c(OC)c1. The number of rotatable bonds is 9. The molecule has 1 aliphatic carbocycles. The number of nitrogens with zero attached hydrogens (tertiary/aromatic N) is 1. The summed E-state index contributed by atoms with van der Waals surface area (Å²) in [5.74, 6) is 0.822. The average Bonchev–Trinajstić information content (AvgIpc) is 3.13. The first-order valence-electron chi connectivity index (χ1n) is 16.5. The maximum Gasteiger partial charge on any atom is 0.534 e. The lowest BCUT2D eigenvalue weighted by molar-refractivity contribution is -0.0500. The molecule has 5 aromatic rings. The lowest BCUT2D eigenvalue weighted by Crippen LogP contribution is -2.38. The smallest absolute Gasteiger partial charge is 0.497 e. The van der Waals surface area contributed by atoms with Gasteiger partial charge in [-0.2, -0.15) is 21.6 Å². The van der Waals surface area contributed by atoms with E-state index in [1.54, 1.807) is 26.4 Å². The molecule has 1 aliphatic heterocycles. The van der Waals surface area contributed by atoms with E-state index in [1.807, 2.05) is 66.7 Å². The summed E-state index contributed by atoms with van der Waals surface area (Å²) in [7, 11) is -2.85. The van der Waals surface area contributed by atoms with Gasteiger partial charge >= 0.3 is 15.6 Å². The van der Waals surface area contributed by atoms with Crippen LogP contribution in [0.3, 0.4) is 0 Å². The summed E-state index contributed by atoms with van der Waals surface area (Å²) < 4.78 is 83.6. The summed E-state index contributed by atoms with van der Waals surface area (Å²) in [5.41, 5.74) is 0.329. The third kappa shape index (κ3) is 6.11. The Morgan fingerprint density at radius 2 is 1.42 bits per heavy atom. The Kier molecular flexibility index (Phi) is 9.09. The van der Waals surface area contributed by atoms with Crippen molar-refractivity contribution in [1.82, 2.24) is 4.90 Å². The maximum atomic E-state index is 13.9. The van der Waals surface area contributed by atoms with Crippen molar-refractivity contribution >= 4 is 26.5 Å². The van der Waals surface area contributed by atoms with Crippen LogP contribution < -0.4 is 13.7 Å². The lowest BCUT2D eigenvalue weighted by atomic mass is 9.76. The van der Waals surface area contributed by atoms with Gasteiger partial charge in [0.25, 0.3) is 0 Å². The molecule has 0 spiro atoms. The molecule has 2 aliphatic rings. The maximum absolute atomic E-state index is 13.9. The zero-order chi connectivity index (χ0) is 35.0. The molecule has 2 atom stereocenters. The van der Waals surface area contributed by atoms with Gasteiger partial charge in [-0.05, 0) is 76.4 Å². The molecule has 10 heteroatoms. The second kappa shape index (κ2) is 13.5. The molecule has 1 heterocycles. The lowest BCUT2D eigenvalue weighted by Gasteiger charge is -2.45. The zero-order valence-electron chi connectivity index (χ0n) is 27.6. The Balaban J connectivity index is 1.61. The number of hydrogen-bond donors (Lipinski definition) is 0. The molecule has 0 saturated heterocycles. The minimum absolute atomic E-state index is 0.279. The van der Waals surface area contributed by atoms with E-state index in [4.69, 9.17) is 13.7 Å². The van der Waals surface area contributed by atoms with Gasteiger partial charge in [0.1, 0.15) is 17.2 Å². The third-order valence-electron chi connectivity index (χ3n) is 9.63. The van der Waals surface area contributed by atoms with Gasteiger partial charge in [-0.3, -0.25) is 4.90 Å². The minimum atomic E-state index is -6.00. The van der Waals surface area contributed by atoms with E-state index in [0.29, 0.717) is 22.4 Å². The van der Waals surface area contributed by atoms with Crippen molar-refractivity contribution in [3.05, 3.63) is 143 Å². The molecule has 7 rings (SSSR count). The van der Waals surface area contributed by atoms with Crippen LogP contribution in [0.1, 0.15) is 71.1 Å². The van der Waals surface area contributed by atoms with Gasteiger partial charge in [0.15, 0.2) is 0 Å². The number of halogens is 3. The van der Waals surface area contributed by atoms with E-state index in [1.165, 1.54) is 6.07 Å². The van der Waals surface area contributed by atoms with Crippen molar-refractivity contribution in [2.45, 2.75) is 49.8 Å². The number of ether oxygens (including phenoxy) is 2. The van der Waals surface area contributed by atoms with Crippen LogP contribution >= 0.6 is 0 Å². The van der Waals surface area contributed by atoms with Crippen molar-refractivity contribution in [3.63, 3.8) is 0 Å². The molecule has 0 aromatic heterocycles. The first-order chi connectivity index (χ1) is 24.1. The van der Waals surface area contributed by atoms with E-state index in [2.05, 4.69) is 29.2 Å². The molecule has 0 amide bonds. The fourth-order valence-electron chi connectivity index (χ4n) is 7.44. The standard InChI is InChI=1S/C40H36F3NO5S/c1-47-31-21-18-30(34(24-31)48-2)25-44-38(28-14-8-4-9-15-28)36-32(26-12-6-3-7-13-26)22-19-27-20-23-33(49-50(45,46)40(41,42)43)37(35(27)36)39(44)29-16-10-5-11-17-29/h4-5,8-12,14-24,38-39H,3,6-7,13,25H2,1-2H3/t38-,39+/m0/s1. The van der Waals surface area contributed by atoms with Crippen LogP contribution in [0.5, 0.6) is 17.2 Å². The highest BCUT2D eigenvalue weighted by Gasteiger charge is 2.50. The average molecular weight is 700 g/mol. The predicted molar refractivity (Wildman–Crippen MR) is 188 cm³/mol. The van der Waals surface area contributed by atoms with E-state index >= 15 is 0 Å². The molecular weight excluding hydrogens is 664 g/mol. The summed E-state index contributed by atoms with van der Waals surface area (Å²) in [6.45, 7) is 0.279. The topological polar surface area (TPSA) is 65.1 Å². The minimum Gasteiger partial charge on any atom is -0.497 e. The van der Waals surface area contributed by atoms with Crippen molar-refractivity contribution in [2.24, 2.45) is 0 Å². The molecule has 258 valence electrons. The summed E-state index contributed by atoms with van der Waals surface area (Å²) >= 11 is 0. The molecule has 0 N–H and O–H groups in total. The van der Waals surface area contributed by atoms with E-state index < -0.39 is 27.7 Å². The van der Waals surface area contributed by atoms with Gasteiger partial charge in [-0.1, -0.05) is 91.0 Å². The summed E-state index contributed by atoms with van der Waals surface area (Å²) in [5, 5.41) is 1.46. The molecule has 6 nitrogen and oxygen atoms in total. The predicted octanol–water partition coefficient (Wildman–Crippen LogP) is 9.74. The summed E-state index contributed by atoms with van der Waals surface area (Å²) in [6.07, 6.45) is 6.10. The monoisotopic (exact) mass is 699 g/mol. The van der Waals surface area contributed by atoms with E-state index in [0.717, 1.165) is 64.5 Å². The third-order valence-corrected chi connectivity index (χ3v) is 10.6. The molecule has 0 bridgehead atoms. The zero-order valence-corrected chi connectivity index (χ0v) is 28.4. The van der Waals surface area contributed by atoms with Crippen molar-refractivity contribution in [1.29, 1.82) is 0 Å². The Bertz CT molecular complexity index is 2170.